The number of fused-ring (bicyclic) bond motifs is 1. The van der Waals surface area contributed by atoms with Crippen LogP contribution in [0.2, 0.25) is 0 Å². The number of benzene rings is 1. The summed E-state index contributed by atoms with van der Waals surface area (Å²) in [5.74, 6) is -3.26. The van der Waals surface area contributed by atoms with E-state index in [1.807, 2.05) is 0 Å². The third kappa shape index (κ3) is 6.28. The van der Waals surface area contributed by atoms with E-state index in [2.05, 4.69) is 21.0 Å². The Balaban J connectivity index is 1.65. The van der Waals surface area contributed by atoms with Crippen LogP contribution in [-0.4, -0.2) is 68.9 Å². The molecule has 2 aromatic rings. The number of nitrogens with zero attached hydrogens (tertiary/aromatic N) is 3. The van der Waals surface area contributed by atoms with Gasteiger partial charge in [0.05, 0.1) is 30.5 Å². The van der Waals surface area contributed by atoms with E-state index in [1.165, 1.54) is 31.3 Å². The summed E-state index contributed by atoms with van der Waals surface area (Å²) in [4.78, 5) is 14.2. The quantitative estimate of drug-likeness (QED) is 0.352. The second-order valence-electron chi connectivity index (χ2n) is 9.11. The maximum Gasteiger partial charge on any atom is 0.419 e. The minimum absolute atomic E-state index is 0.0225. The van der Waals surface area contributed by atoms with E-state index in [4.69, 9.17) is 9.47 Å². The lowest BCUT2D eigenvalue weighted by Crippen LogP contribution is -2.62. The molecule has 0 saturated carbocycles. The van der Waals surface area contributed by atoms with Crippen molar-refractivity contribution in [1.82, 2.24) is 9.46 Å². The van der Waals surface area contributed by atoms with E-state index in [1.54, 1.807) is 0 Å². The molecule has 2 saturated heterocycles. The Labute approximate surface area is 231 Å². The molecular formula is C25H25F5N4O6S. The van der Waals surface area contributed by atoms with Gasteiger partial charge in [0.25, 0.3) is 5.91 Å². The van der Waals surface area contributed by atoms with Gasteiger partial charge in [0.1, 0.15) is 30.3 Å². The summed E-state index contributed by atoms with van der Waals surface area (Å²) >= 11 is 0. The van der Waals surface area contributed by atoms with Gasteiger partial charge in [-0.05, 0) is 37.1 Å². The fourth-order valence-electron chi connectivity index (χ4n) is 4.65. The van der Waals surface area contributed by atoms with Crippen molar-refractivity contribution >= 4 is 33.2 Å². The SMILES string of the molecule is C=C/C(F)=C(\C=C(/C)c1cc(OC)c(N2C(=O)CO[C@H]3CN(S(=O)(=O)Nc4ccon4)CC[C@@H]32)cc1F)C(F)(F)F. The molecule has 0 bridgehead atoms. The molecule has 2 aliphatic heterocycles. The summed E-state index contributed by atoms with van der Waals surface area (Å²) in [6.07, 6.45) is -3.73. The summed E-state index contributed by atoms with van der Waals surface area (Å²) in [6.45, 7) is 3.55. The molecule has 0 spiro atoms. The van der Waals surface area contributed by atoms with Crippen LogP contribution in [0.5, 0.6) is 5.75 Å². The van der Waals surface area contributed by atoms with Crippen LogP contribution in [0.15, 0.2) is 59.1 Å². The zero-order valence-electron chi connectivity index (χ0n) is 21.7. The van der Waals surface area contributed by atoms with Gasteiger partial charge in [0.15, 0.2) is 5.82 Å². The number of rotatable bonds is 8. The number of halogens is 5. The van der Waals surface area contributed by atoms with Gasteiger partial charge in [-0.15, -0.1) is 0 Å². The van der Waals surface area contributed by atoms with Gasteiger partial charge in [-0.25, -0.2) is 8.78 Å². The van der Waals surface area contributed by atoms with Crippen LogP contribution in [0.3, 0.4) is 0 Å². The Bertz CT molecular complexity index is 1490. The first kappa shape index (κ1) is 30.2. The highest BCUT2D eigenvalue weighted by atomic mass is 32.2. The van der Waals surface area contributed by atoms with Crippen LogP contribution in [0.1, 0.15) is 18.9 Å². The summed E-state index contributed by atoms with van der Waals surface area (Å²) in [5, 5.41) is 3.52. The Morgan fingerprint density at radius 1 is 1.32 bits per heavy atom. The van der Waals surface area contributed by atoms with Crippen LogP contribution in [0.25, 0.3) is 5.57 Å². The number of carbonyl (C=O) groups is 1. The van der Waals surface area contributed by atoms with E-state index < -0.39 is 58.3 Å². The zero-order chi connectivity index (χ0) is 30.1. The molecule has 222 valence electrons. The van der Waals surface area contributed by atoms with E-state index in [9.17, 15) is 30.8 Å². The number of morpholine rings is 1. The first-order valence-corrected chi connectivity index (χ1v) is 13.5. The number of methoxy groups -OCH3 is 1. The summed E-state index contributed by atoms with van der Waals surface area (Å²) in [7, 11) is -2.82. The Kier molecular flexibility index (Phi) is 8.56. The number of piperidine rings is 1. The smallest absolute Gasteiger partial charge is 0.419 e. The van der Waals surface area contributed by atoms with E-state index in [-0.39, 0.29) is 47.9 Å². The summed E-state index contributed by atoms with van der Waals surface area (Å²) in [5.41, 5.74) is -2.24. The maximum atomic E-state index is 15.4. The number of hydrogen-bond acceptors (Lipinski definition) is 7. The van der Waals surface area contributed by atoms with Gasteiger partial charge in [-0.1, -0.05) is 11.7 Å². The molecule has 41 heavy (non-hydrogen) atoms. The van der Waals surface area contributed by atoms with Crippen molar-refractivity contribution < 1.29 is 49.2 Å². The van der Waals surface area contributed by atoms with E-state index in [0.29, 0.717) is 12.2 Å². The van der Waals surface area contributed by atoms with Gasteiger partial charge in [0.2, 0.25) is 0 Å². The molecule has 1 N–H and O–H groups in total. The lowest BCUT2D eigenvalue weighted by molar-refractivity contribution is -0.134. The van der Waals surface area contributed by atoms with Gasteiger partial charge in [0, 0.05) is 30.8 Å². The minimum atomic E-state index is -5.07. The molecule has 3 heterocycles. The van der Waals surface area contributed by atoms with Crippen molar-refractivity contribution in [1.29, 1.82) is 0 Å². The molecule has 4 rings (SSSR count). The van der Waals surface area contributed by atoms with Crippen LogP contribution >= 0.6 is 0 Å². The maximum absolute atomic E-state index is 15.4. The van der Waals surface area contributed by atoms with Crippen molar-refractivity contribution in [3.63, 3.8) is 0 Å². The molecule has 0 unspecified atom stereocenters. The predicted octanol–water partition coefficient (Wildman–Crippen LogP) is 4.36. The van der Waals surface area contributed by atoms with E-state index >= 15 is 4.39 Å². The summed E-state index contributed by atoms with van der Waals surface area (Å²) in [6, 6.07) is 2.64. The average molecular weight is 605 g/mol. The minimum Gasteiger partial charge on any atom is -0.495 e. The number of aromatic nitrogens is 1. The number of carbonyl (C=O) groups excluding carboxylic acids is 1. The lowest BCUT2D eigenvalue weighted by atomic mass is 9.97. The van der Waals surface area contributed by atoms with Crippen molar-refractivity contribution in [2.24, 2.45) is 0 Å². The molecule has 0 aliphatic carbocycles. The highest BCUT2D eigenvalue weighted by molar-refractivity contribution is 7.90. The zero-order valence-corrected chi connectivity index (χ0v) is 22.6. The number of hydrogen-bond donors (Lipinski definition) is 1. The molecule has 1 aromatic carbocycles. The van der Waals surface area contributed by atoms with E-state index in [0.717, 1.165) is 16.4 Å². The first-order valence-electron chi connectivity index (χ1n) is 12.0. The Hall–Kier alpha value is -3.76. The Morgan fingerprint density at radius 3 is 2.66 bits per heavy atom. The molecule has 1 aromatic heterocycles. The molecule has 2 aliphatic rings. The van der Waals surface area contributed by atoms with Crippen molar-refractivity contribution in [2.75, 3.05) is 36.4 Å². The van der Waals surface area contributed by atoms with Crippen molar-refractivity contribution in [2.45, 2.75) is 31.7 Å². The number of amides is 1. The lowest BCUT2D eigenvalue weighted by Gasteiger charge is -2.46. The third-order valence-corrected chi connectivity index (χ3v) is 8.05. The normalized spacial score (nSPS) is 21.3. The van der Waals surface area contributed by atoms with Crippen LogP contribution in [0.4, 0.5) is 33.5 Å². The number of ether oxygens (including phenoxy) is 2. The number of nitrogens with one attached hydrogen (secondary N) is 1. The molecule has 10 nitrogen and oxygen atoms in total. The fourth-order valence-corrected chi connectivity index (χ4v) is 5.84. The van der Waals surface area contributed by atoms with Crippen molar-refractivity contribution in [3.05, 3.63) is 66.0 Å². The van der Waals surface area contributed by atoms with Gasteiger partial charge >= 0.3 is 16.4 Å². The second kappa shape index (κ2) is 11.6. The second-order valence-corrected chi connectivity index (χ2v) is 10.8. The molecule has 2 atom stereocenters. The standard InChI is InChI=1S/C25H25F5N4O6S/c1-4-17(26)16(25(28,29)30)9-14(2)15-10-21(38-3)20(11-18(15)27)34-19-5-7-33(12-22(19)39-13-24(34)35)41(36,37)32-23-6-8-40-31-23/h4,6,8-11,19,22H,1,5,7,12-13H2,2-3H3,(H,31,32)/b14-9+,17-16-/t19-,22-/m0/s1. The van der Waals surface area contributed by atoms with Gasteiger partial charge in [-0.3, -0.25) is 9.52 Å². The number of anilines is 2. The average Bonchev–Trinajstić information content (AvgIpc) is 3.42. The highest BCUT2D eigenvalue weighted by Crippen LogP contribution is 2.40. The van der Waals surface area contributed by atoms with Crippen LogP contribution in [0, 0.1) is 5.82 Å². The van der Waals surface area contributed by atoms with Gasteiger partial charge in [-0.2, -0.15) is 25.9 Å². The molecule has 16 heteroatoms. The summed E-state index contributed by atoms with van der Waals surface area (Å²) < 4.78 is 114. The monoisotopic (exact) mass is 604 g/mol. The van der Waals surface area contributed by atoms with Crippen LogP contribution < -0.4 is 14.4 Å². The molecule has 2 fully saturated rings. The molecule has 0 radical (unpaired) electrons. The third-order valence-electron chi connectivity index (χ3n) is 6.58. The largest absolute Gasteiger partial charge is 0.495 e. The highest BCUT2D eigenvalue weighted by Gasteiger charge is 2.45. The Morgan fingerprint density at radius 2 is 2.05 bits per heavy atom. The van der Waals surface area contributed by atoms with Gasteiger partial charge < -0.3 is 18.9 Å². The van der Waals surface area contributed by atoms with Crippen molar-refractivity contribution in [3.8, 4) is 5.75 Å². The number of alkyl halides is 3. The fraction of sp³-hybridized carbons (Fsp3) is 0.360. The number of allylic oxidation sites excluding steroid dienone is 5. The molecule has 1 amide bonds. The van der Waals surface area contributed by atoms with Crippen LogP contribution in [-0.2, 0) is 19.7 Å². The first-order chi connectivity index (χ1) is 19.3. The predicted molar refractivity (Wildman–Crippen MR) is 137 cm³/mol. The molecular weight excluding hydrogens is 579 g/mol. The topological polar surface area (TPSA) is 114 Å².